The number of carbonyl (C=O) groups excluding carboxylic acids is 1. The third-order valence-electron chi connectivity index (χ3n) is 3.67. The minimum atomic E-state index is -0.0599. The van der Waals surface area contributed by atoms with E-state index in [0.717, 1.165) is 54.1 Å². The number of rotatable bonds is 10. The van der Waals surface area contributed by atoms with E-state index in [-0.39, 0.29) is 29.9 Å². The van der Waals surface area contributed by atoms with Crippen LogP contribution in [0, 0.1) is 0 Å². The van der Waals surface area contributed by atoms with E-state index in [1.807, 2.05) is 35.8 Å². The largest absolute Gasteiger partial charge is 0.357 e. The zero-order valence-corrected chi connectivity index (χ0v) is 20.2. The molecule has 9 heteroatoms. The van der Waals surface area contributed by atoms with Crippen LogP contribution in [0.25, 0.3) is 0 Å². The van der Waals surface area contributed by atoms with E-state index in [9.17, 15) is 4.79 Å². The highest BCUT2D eigenvalue weighted by atomic mass is 127. The van der Waals surface area contributed by atoms with Crippen molar-refractivity contribution < 1.29 is 4.79 Å². The first-order chi connectivity index (χ1) is 13.2. The zero-order chi connectivity index (χ0) is 19.3. The smallest absolute Gasteiger partial charge is 0.251 e. The third kappa shape index (κ3) is 9.24. The third-order valence-corrected chi connectivity index (χ3v) is 5.73. The van der Waals surface area contributed by atoms with Gasteiger partial charge in [0, 0.05) is 49.6 Å². The van der Waals surface area contributed by atoms with Gasteiger partial charge in [-0.3, -0.25) is 9.79 Å². The predicted octanol–water partition coefficient (Wildman–Crippen LogP) is 3.40. The van der Waals surface area contributed by atoms with Crippen LogP contribution in [0.4, 0.5) is 0 Å². The van der Waals surface area contributed by atoms with Crippen molar-refractivity contribution in [2.24, 2.45) is 4.99 Å². The van der Waals surface area contributed by atoms with Crippen LogP contribution in [0.5, 0.6) is 0 Å². The molecule has 0 spiro atoms. The molecule has 0 aliphatic carbocycles. The first-order valence-corrected chi connectivity index (χ1v) is 10.9. The molecule has 0 atom stereocenters. The molecule has 0 radical (unpaired) electrons. The Morgan fingerprint density at radius 3 is 2.89 bits per heavy atom. The summed E-state index contributed by atoms with van der Waals surface area (Å²) in [5.41, 5.74) is 1.81. The summed E-state index contributed by atoms with van der Waals surface area (Å²) in [7, 11) is 1.64. The van der Waals surface area contributed by atoms with Gasteiger partial charge < -0.3 is 16.0 Å². The number of hydrogen-bond donors (Lipinski definition) is 3. The molecule has 0 saturated heterocycles. The van der Waals surface area contributed by atoms with Crippen molar-refractivity contribution in [3.05, 3.63) is 47.0 Å². The minimum Gasteiger partial charge on any atom is -0.357 e. The molecule has 1 amide bonds. The van der Waals surface area contributed by atoms with Crippen LogP contribution in [0.15, 0.2) is 45.2 Å². The number of hydrogen-bond acceptors (Lipinski definition) is 5. The molecule has 2 rings (SSSR count). The van der Waals surface area contributed by atoms with Gasteiger partial charge in [0.1, 0.15) is 4.34 Å². The van der Waals surface area contributed by atoms with Crippen LogP contribution in [0.2, 0.25) is 0 Å². The number of halogens is 1. The monoisotopic (exact) mass is 533 g/mol. The summed E-state index contributed by atoms with van der Waals surface area (Å²) in [5, 5.41) is 11.3. The maximum Gasteiger partial charge on any atom is 0.251 e. The quantitative estimate of drug-likeness (QED) is 0.144. The van der Waals surface area contributed by atoms with E-state index >= 15 is 0 Å². The highest BCUT2D eigenvalue weighted by molar-refractivity contribution is 14.0. The van der Waals surface area contributed by atoms with Gasteiger partial charge in [0.15, 0.2) is 5.96 Å². The number of nitrogens with one attached hydrogen (secondary N) is 3. The van der Waals surface area contributed by atoms with E-state index in [2.05, 4.69) is 32.9 Å². The lowest BCUT2D eigenvalue weighted by molar-refractivity contribution is 0.0963. The first kappa shape index (κ1) is 24.7. The van der Waals surface area contributed by atoms with Crippen LogP contribution in [-0.4, -0.2) is 49.3 Å². The van der Waals surface area contributed by atoms with E-state index in [4.69, 9.17) is 0 Å². The molecule has 28 heavy (non-hydrogen) atoms. The number of amides is 1. The Balaban J connectivity index is 0.00000392. The number of guanidine groups is 1. The Labute approximate surface area is 192 Å². The predicted molar refractivity (Wildman–Crippen MR) is 130 cm³/mol. The van der Waals surface area contributed by atoms with Crippen molar-refractivity contribution in [3.63, 3.8) is 0 Å². The lowest BCUT2D eigenvalue weighted by Gasteiger charge is -2.11. The van der Waals surface area contributed by atoms with Gasteiger partial charge in [-0.2, -0.15) is 0 Å². The summed E-state index contributed by atoms with van der Waals surface area (Å²) in [5.74, 6) is 1.79. The normalized spacial score (nSPS) is 10.9. The van der Waals surface area contributed by atoms with Crippen LogP contribution in [0.1, 0.15) is 29.3 Å². The van der Waals surface area contributed by atoms with Gasteiger partial charge in [0.25, 0.3) is 5.91 Å². The molecule has 1 heterocycles. The van der Waals surface area contributed by atoms with Crippen molar-refractivity contribution in [1.82, 2.24) is 20.9 Å². The molecule has 0 saturated carbocycles. The average molecular weight is 534 g/mol. The van der Waals surface area contributed by atoms with Crippen LogP contribution in [-0.2, 0) is 6.42 Å². The summed E-state index contributed by atoms with van der Waals surface area (Å²) in [6.45, 7) is 4.42. The number of nitrogens with zero attached hydrogens (tertiary/aromatic N) is 2. The Hall–Kier alpha value is -1.33. The fourth-order valence-corrected chi connectivity index (χ4v) is 4.01. The topological polar surface area (TPSA) is 78.4 Å². The Morgan fingerprint density at radius 1 is 1.32 bits per heavy atom. The summed E-state index contributed by atoms with van der Waals surface area (Å²) >= 11 is 3.45. The highest BCUT2D eigenvalue weighted by Gasteiger charge is 2.04. The summed E-state index contributed by atoms with van der Waals surface area (Å²) in [4.78, 5) is 20.6. The van der Waals surface area contributed by atoms with Crippen molar-refractivity contribution >= 4 is 58.9 Å². The zero-order valence-electron chi connectivity index (χ0n) is 16.2. The second-order valence-corrected chi connectivity index (χ2v) is 7.95. The van der Waals surface area contributed by atoms with E-state index in [0.29, 0.717) is 5.56 Å². The Bertz CT molecular complexity index is 725. The molecular formula is C19H28IN5OS2. The molecule has 0 aliphatic heterocycles. The number of aromatic nitrogens is 1. The standard InChI is InChI=1S/C19H27N5OS2.HI/c1-3-21-18(22-9-5-12-26-19-24-11-13-27-19)23-10-8-15-6-4-7-16(14-15)17(25)20-2;/h4,6-7,11,13-14H,3,5,8-10,12H2,1-2H3,(H,20,25)(H2,21,22,23);1H. The number of thioether (sulfide) groups is 1. The van der Waals surface area contributed by atoms with Crippen molar-refractivity contribution in [3.8, 4) is 0 Å². The van der Waals surface area contributed by atoms with Gasteiger partial charge >= 0.3 is 0 Å². The number of thiazole rings is 1. The van der Waals surface area contributed by atoms with Crippen molar-refractivity contribution in [1.29, 1.82) is 0 Å². The van der Waals surface area contributed by atoms with Gasteiger partial charge in [0.2, 0.25) is 0 Å². The second-order valence-electron chi connectivity index (χ2n) is 5.72. The van der Waals surface area contributed by atoms with E-state index < -0.39 is 0 Å². The van der Waals surface area contributed by atoms with Gasteiger partial charge in [-0.1, -0.05) is 23.9 Å². The maximum absolute atomic E-state index is 11.7. The SMILES string of the molecule is CCNC(=NCCCSc1nccs1)NCCc1cccc(C(=O)NC)c1.I. The number of carbonyl (C=O) groups is 1. The van der Waals surface area contributed by atoms with Crippen molar-refractivity contribution in [2.45, 2.75) is 24.1 Å². The molecule has 6 nitrogen and oxygen atoms in total. The molecule has 2 aromatic rings. The van der Waals surface area contributed by atoms with E-state index in [1.165, 1.54) is 0 Å². The van der Waals surface area contributed by atoms with E-state index in [1.54, 1.807) is 30.1 Å². The molecule has 0 aliphatic rings. The molecule has 0 fully saturated rings. The molecule has 0 bridgehead atoms. The summed E-state index contributed by atoms with van der Waals surface area (Å²) in [6.07, 6.45) is 3.67. The van der Waals surface area contributed by atoms with Gasteiger partial charge in [-0.05, 0) is 37.5 Å². The maximum atomic E-state index is 11.7. The van der Waals surface area contributed by atoms with Gasteiger partial charge in [0.05, 0.1) is 0 Å². The first-order valence-electron chi connectivity index (χ1n) is 9.08. The summed E-state index contributed by atoms with van der Waals surface area (Å²) in [6, 6.07) is 7.71. The average Bonchev–Trinajstić information content (AvgIpc) is 3.21. The molecule has 3 N–H and O–H groups in total. The highest BCUT2D eigenvalue weighted by Crippen LogP contribution is 2.20. The van der Waals surface area contributed by atoms with Gasteiger partial charge in [-0.15, -0.1) is 35.3 Å². The fourth-order valence-electron chi connectivity index (χ4n) is 2.38. The van der Waals surface area contributed by atoms with Crippen LogP contribution >= 0.6 is 47.1 Å². The number of aliphatic imine (C=N–C) groups is 1. The van der Waals surface area contributed by atoms with Crippen LogP contribution < -0.4 is 16.0 Å². The Kier molecular flexibility index (Phi) is 12.9. The lowest BCUT2D eigenvalue weighted by Crippen LogP contribution is -2.38. The lowest BCUT2D eigenvalue weighted by atomic mass is 10.1. The molecule has 1 aromatic carbocycles. The van der Waals surface area contributed by atoms with Crippen molar-refractivity contribution in [2.75, 3.05) is 32.4 Å². The Morgan fingerprint density at radius 2 is 2.18 bits per heavy atom. The second kappa shape index (κ2) is 14.6. The molecule has 154 valence electrons. The minimum absolute atomic E-state index is 0. The van der Waals surface area contributed by atoms with Gasteiger partial charge in [-0.25, -0.2) is 4.98 Å². The molecule has 0 unspecified atom stereocenters. The van der Waals surface area contributed by atoms with Crippen LogP contribution in [0.3, 0.4) is 0 Å². The summed E-state index contributed by atoms with van der Waals surface area (Å²) < 4.78 is 1.11. The molecular weight excluding hydrogens is 505 g/mol. The fraction of sp³-hybridized carbons (Fsp3) is 0.421. The number of benzene rings is 1. The molecule has 1 aromatic heterocycles.